The Kier molecular flexibility index (Phi) is 4.78. The van der Waals surface area contributed by atoms with Crippen LogP contribution in [0.25, 0.3) is 11.2 Å². The second kappa shape index (κ2) is 6.58. The van der Waals surface area contributed by atoms with Crippen LogP contribution in [0.15, 0.2) is 24.8 Å². The molecule has 2 aromatic heterocycles. The lowest BCUT2D eigenvalue weighted by molar-refractivity contribution is 0.101. The van der Waals surface area contributed by atoms with Crippen molar-refractivity contribution in [3.8, 4) is 0 Å². The molecule has 1 aliphatic carbocycles. The van der Waals surface area contributed by atoms with Gasteiger partial charge in [-0.3, -0.25) is 4.57 Å². The molecule has 0 aliphatic heterocycles. The van der Waals surface area contributed by atoms with Crippen LogP contribution >= 0.6 is 15.4 Å². The van der Waals surface area contributed by atoms with E-state index in [2.05, 4.69) is 19.3 Å². The third-order valence-electron chi connectivity index (χ3n) is 3.45. The number of nitrogen functional groups attached to an aromatic ring is 1. The largest absolute Gasteiger partial charge is 0.476 e. The Morgan fingerprint density at radius 2 is 2.00 bits per heavy atom. The van der Waals surface area contributed by atoms with Gasteiger partial charge in [-0.25, -0.2) is 23.8 Å². The fourth-order valence-corrected chi connectivity index (χ4v) is 4.37. The van der Waals surface area contributed by atoms with Gasteiger partial charge in [-0.15, -0.1) is 0 Å². The van der Waals surface area contributed by atoms with Gasteiger partial charge in [-0.1, -0.05) is 12.2 Å². The van der Waals surface area contributed by atoms with Gasteiger partial charge in [0.25, 0.3) is 0 Å². The first-order valence-corrected chi connectivity index (χ1v) is 10.3. The predicted molar refractivity (Wildman–Crippen MR) is 85.2 cm³/mol. The summed E-state index contributed by atoms with van der Waals surface area (Å²) in [6, 6.07) is -0.176. The van der Waals surface area contributed by atoms with E-state index in [-0.39, 0.29) is 11.9 Å². The highest BCUT2D eigenvalue weighted by Gasteiger charge is 2.33. The number of ether oxygens (including phenoxy) is 1. The zero-order valence-corrected chi connectivity index (χ0v) is 14.4. The molecule has 1 aliphatic rings. The van der Waals surface area contributed by atoms with Crippen molar-refractivity contribution in [1.29, 1.82) is 0 Å². The molecule has 0 aromatic carbocycles. The summed E-state index contributed by atoms with van der Waals surface area (Å²) in [6.45, 7) is 0. The molecule has 5 N–H and O–H groups in total. The standard InChI is InChI=1S/C11H15N5O7P2/c12-10-9-11(14-4-13-10)16(5-15-9)7-1-2-8(3-7)22-6-24(17,18)23-25(19,20)21/h1-2,4-5,7-8H,3,6H2,(H,17,18)(H2,12,13,14)(H2,19,20,21)/t7-,8+/m1/s1. The van der Waals surface area contributed by atoms with E-state index in [1.807, 2.05) is 0 Å². The number of anilines is 1. The van der Waals surface area contributed by atoms with E-state index in [0.717, 1.165) is 0 Å². The number of rotatable bonds is 6. The fourth-order valence-electron chi connectivity index (χ4n) is 2.47. The van der Waals surface area contributed by atoms with Crippen molar-refractivity contribution >= 4 is 32.4 Å². The molecule has 2 heterocycles. The number of nitrogens with two attached hydrogens (primary N) is 1. The van der Waals surface area contributed by atoms with Gasteiger partial charge in [-0.05, 0) is 0 Å². The smallest absolute Gasteiger partial charge is 0.382 e. The number of imidazole rings is 1. The summed E-state index contributed by atoms with van der Waals surface area (Å²) in [5.74, 6) is 0.259. The van der Waals surface area contributed by atoms with Crippen LogP contribution in [0, 0.1) is 0 Å². The minimum atomic E-state index is -5.08. The number of aromatic nitrogens is 4. The van der Waals surface area contributed by atoms with Gasteiger partial charge in [-0.2, -0.15) is 0 Å². The molecule has 0 saturated heterocycles. The molecule has 3 atom stereocenters. The van der Waals surface area contributed by atoms with Crippen LogP contribution in [0.1, 0.15) is 12.5 Å². The molecule has 136 valence electrons. The van der Waals surface area contributed by atoms with Crippen molar-refractivity contribution in [1.82, 2.24) is 19.5 Å². The van der Waals surface area contributed by atoms with Crippen LogP contribution < -0.4 is 5.73 Å². The van der Waals surface area contributed by atoms with E-state index in [0.29, 0.717) is 17.6 Å². The lowest BCUT2D eigenvalue weighted by atomic mass is 10.2. The van der Waals surface area contributed by atoms with Crippen molar-refractivity contribution < 1.29 is 32.9 Å². The highest BCUT2D eigenvalue weighted by molar-refractivity contribution is 7.63. The Morgan fingerprint density at radius 1 is 1.24 bits per heavy atom. The quantitative estimate of drug-likeness (QED) is 0.398. The molecular formula is C11H15N5O7P2. The highest BCUT2D eigenvalue weighted by atomic mass is 31.3. The van der Waals surface area contributed by atoms with Crippen LogP contribution in [0.3, 0.4) is 0 Å². The number of hydrogen-bond acceptors (Lipinski definition) is 8. The van der Waals surface area contributed by atoms with Crippen molar-refractivity contribution in [3.05, 3.63) is 24.8 Å². The van der Waals surface area contributed by atoms with Crippen LogP contribution in [-0.2, 0) is 18.2 Å². The normalized spacial score (nSPS) is 23.2. The first kappa shape index (κ1) is 18.2. The molecule has 14 heteroatoms. The monoisotopic (exact) mass is 391 g/mol. The summed E-state index contributed by atoms with van der Waals surface area (Å²) in [5, 5.41) is 0. The van der Waals surface area contributed by atoms with E-state index in [9.17, 15) is 14.0 Å². The molecule has 0 bridgehead atoms. The van der Waals surface area contributed by atoms with E-state index < -0.39 is 27.9 Å². The average molecular weight is 391 g/mol. The SMILES string of the molecule is Nc1ncnc2c1ncn2[C@@H]1C=C[C@H](OCP(=O)(O)OP(=O)(O)O)C1. The molecule has 0 radical (unpaired) electrons. The Balaban J connectivity index is 1.64. The van der Waals surface area contributed by atoms with Crippen molar-refractivity contribution in [2.45, 2.75) is 18.6 Å². The molecule has 3 rings (SSSR count). The van der Waals surface area contributed by atoms with Crippen molar-refractivity contribution in [3.63, 3.8) is 0 Å². The molecular weight excluding hydrogens is 376 g/mol. The Labute approximate surface area is 141 Å². The Hall–Kier alpha value is -1.65. The van der Waals surface area contributed by atoms with Crippen molar-refractivity contribution in [2.24, 2.45) is 0 Å². The Morgan fingerprint density at radius 3 is 2.72 bits per heavy atom. The fraction of sp³-hybridized carbons (Fsp3) is 0.364. The third kappa shape index (κ3) is 4.31. The molecule has 0 fully saturated rings. The van der Waals surface area contributed by atoms with Gasteiger partial charge in [0.15, 0.2) is 11.5 Å². The summed E-state index contributed by atoms with van der Waals surface area (Å²) in [5.41, 5.74) is 6.75. The highest BCUT2D eigenvalue weighted by Crippen LogP contribution is 2.57. The van der Waals surface area contributed by atoms with Crippen LogP contribution in [0.2, 0.25) is 0 Å². The van der Waals surface area contributed by atoms with Gasteiger partial charge in [0.1, 0.15) is 18.2 Å². The maximum Gasteiger partial charge on any atom is 0.476 e. The maximum atomic E-state index is 11.6. The number of allylic oxidation sites excluding steroid dienone is 1. The first-order chi connectivity index (χ1) is 11.6. The molecule has 12 nitrogen and oxygen atoms in total. The Bertz CT molecular complexity index is 909. The second-order valence-corrected chi connectivity index (χ2v) is 8.48. The minimum absolute atomic E-state index is 0.176. The predicted octanol–water partition coefficient (Wildman–Crippen LogP) is 0.547. The summed E-state index contributed by atoms with van der Waals surface area (Å²) in [6.07, 6.45) is 5.37. The molecule has 0 saturated carbocycles. The maximum absolute atomic E-state index is 11.6. The number of nitrogens with zero attached hydrogens (tertiary/aromatic N) is 4. The number of phosphoric acid groups is 1. The van der Waals surface area contributed by atoms with Gasteiger partial charge >= 0.3 is 15.4 Å². The van der Waals surface area contributed by atoms with Gasteiger partial charge < -0.3 is 29.7 Å². The average Bonchev–Trinajstić information content (AvgIpc) is 3.09. The summed E-state index contributed by atoms with van der Waals surface area (Å²) >= 11 is 0. The van der Waals surface area contributed by atoms with E-state index in [4.69, 9.17) is 20.3 Å². The summed E-state index contributed by atoms with van der Waals surface area (Å²) < 4.78 is 33.0. The van der Waals surface area contributed by atoms with Crippen LogP contribution in [0.4, 0.5) is 5.82 Å². The van der Waals surface area contributed by atoms with Gasteiger partial charge in [0.05, 0.1) is 18.5 Å². The second-order valence-electron chi connectivity index (χ2n) is 5.31. The summed E-state index contributed by atoms with van der Waals surface area (Å²) in [7, 11) is -9.65. The molecule has 0 amide bonds. The third-order valence-corrected chi connectivity index (χ3v) is 5.80. The van der Waals surface area contributed by atoms with E-state index in [1.54, 1.807) is 23.0 Å². The first-order valence-electron chi connectivity index (χ1n) is 6.96. The van der Waals surface area contributed by atoms with Crippen LogP contribution in [0.5, 0.6) is 0 Å². The lowest BCUT2D eigenvalue weighted by Crippen LogP contribution is -2.13. The topological polar surface area (TPSA) is 183 Å². The molecule has 25 heavy (non-hydrogen) atoms. The zero-order valence-electron chi connectivity index (χ0n) is 12.6. The molecule has 2 aromatic rings. The van der Waals surface area contributed by atoms with E-state index >= 15 is 0 Å². The number of hydrogen-bond donors (Lipinski definition) is 4. The van der Waals surface area contributed by atoms with Crippen molar-refractivity contribution in [2.75, 3.05) is 12.1 Å². The number of fused-ring (bicyclic) bond motifs is 1. The molecule has 1 unspecified atom stereocenters. The van der Waals surface area contributed by atoms with E-state index in [1.165, 1.54) is 6.33 Å². The minimum Gasteiger partial charge on any atom is -0.382 e. The zero-order chi connectivity index (χ0) is 18.2. The molecule has 0 spiro atoms. The lowest BCUT2D eigenvalue weighted by Gasteiger charge is -2.17. The summed E-state index contributed by atoms with van der Waals surface area (Å²) in [4.78, 5) is 38.7. The van der Waals surface area contributed by atoms with Gasteiger partial charge in [0.2, 0.25) is 0 Å². The van der Waals surface area contributed by atoms with Gasteiger partial charge in [0, 0.05) is 6.42 Å². The van der Waals surface area contributed by atoms with Crippen LogP contribution in [-0.4, -0.2) is 46.7 Å².